The molecule has 0 spiro atoms. The molecule has 7 heteroatoms. The Labute approximate surface area is 140 Å². The van der Waals surface area contributed by atoms with Crippen LogP contribution < -0.4 is 10.6 Å². The second kappa shape index (κ2) is 7.72. The van der Waals surface area contributed by atoms with Gasteiger partial charge in [-0.1, -0.05) is 12.1 Å². The van der Waals surface area contributed by atoms with Gasteiger partial charge in [-0.3, -0.25) is 14.5 Å². The van der Waals surface area contributed by atoms with E-state index in [1.807, 2.05) is 4.90 Å². The van der Waals surface area contributed by atoms with E-state index < -0.39 is 0 Å². The van der Waals surface area contributed by atoms with Crippen molar-refractivity contribution in [3.05, 3.63) is 35.6 Å². The summed E-state index contributed by atoms with van der Waals surface area (Å²) in [6.07, 6.45) is 0.658. The Morgan fingerprint density at radius 3 is 2.88 bits per heavy atom. The number of nitrogens with zero attached hydrogens (tertiary/aromatic N) is 1. The maximum atomic E-state index is 12.8. The third-order valence-corrected chi connectivity index (χ3v) is 4.33. The molecule has 0 saturated carbocycles. The molecule has 2 atom stereocenters. The summed E-state index contributed by atoms with van der Waals surface area (Å²) in [5.41, 5.74) is 0.980. The van der Waals surface area contributed by atoms with Crippen molar-refractivity contribution in [1.82, 2.24) is 15.5 Å². The van der Waals surface area contributed by atoms with Crippen molar-refractivity contribution >= 4 is 11.8 Å². The molecule has 2 bridgehead atoms. The molecule has 2 aliphatic heterocycles. The van der Waals surface area contributed by atoms with Gasteiger partial charge in [-0.25, -0.2) is 4.39 Å². The molecule has 0 aromatic heterocycles. The summed E-state index contributed by atoms with van der Waals surface area (Å²) in [6, 6.07) is 6.21. The maximum absolute atomic E-state index is 12.8. The fourth-order valence-electron chi connectivity index (χ4n) is 3.11. The number of rotatable bonds is 5. The Morgan fingerprint density at radius 2 is 2.08 bits per heavy atom. The number of carbonyl (C=O) groups excluding carboxylic acids is 2. The first kappa shape index (κ1) is 16.9. The minimum absolute atomic E-state index is 0.0108. The van der Waals surface area contributed by atoms with Gasteiger partial charge in [0.25, 0.3) is 0 Å². The predicted octanol–water partition coefficient (Wildman–Crippen LogP) is -0.0688. The van der Waals surface area contributed by atoms with E-state index in [0.29, 0.717) is 39.3 Å². The van der Waals surface area contributed by atoms with E-state index >= 15 is 0 Å². The van der Waals surface area contributed by atoms with Gasteiger partial charge in [-0.2, -0.15) is 0 Å². The van der Waals surface area contributed by atoms with Crippen LogP contribution in [0, 0.1) is 11.7 Å². The van der Waals surface area contributed by atoms with Gasteiger partial charge < -0.3 is 15.4 Å². The Balaban J connectivity index is 1.44. The van der Waals surface area contributed by atoms with E-state index in [9.17, 15) is 14.0 Å². The van der Waals surface area contributed by atoms with E-state index in [1.54, 1.807) is 12.1 Å². The standard InChI is InChI=1S/C17H22FN3O3/c18-14-3-1-12(2-4-14)5-6-19-16(22)9-21-7-13-10-24-11-15(8-21)20-17(13)23/h1-4,13,15H,5-11H2,(H,19,22)(H,20,23)/t13-,15+/m1/s1. The highest BCUT2D eigenvalue weighted by Crippen LogP contribution is 2.13. The molecule has 1 aromatic rings. The van der Waals surface area contributed by atoms with Gasteiger partial charge in [-0.05, 0) is 24.1 Å². The molecule has 2 fully saturated rings. The van der Waals surface area contributed by atoms with Crippen molar-refractivity contribution < 1.29 is 18.7 Å². The minimum atomic E-state index is -0.262. The topological polar surface area (TPSA) is 70.7 Å². The van der Waals surface area contributed by atoms with Crippen LogP contribution in [0.25, 0.3) is 0 Å². The molecule has 0 aliphatic carbocycles. The molecule has 1 aromatic carbocycles. The van der Waals surface area contributed by atoms with Crippen LogP contribution in [0.15, 0.2) is 24.3 Å². The van der Waals surface area contributed by atoms with Gasteiger partial charge in [0.05, 0.1) is 31.7 Å². The Bertz CT molecular complexity index is 593. The van der Waals surface area contributed by atoms with E-state index in [1.165, 1.54) is 12.1 Å². The number of hydrogen-bond acceptors (Lipinski definition) is 4. The zero-order chi connectivity index (χ0) is 16.9. The summed E-state index contributed by atoms with van der Waals surface area (Å²) in [5, 5.41) is 5.82. The van der Waals surface area contributed by atoms with Gasteiger partial charge in [0.1, 0.15) is 5.82 Å². The molecule has 6 nitrogen and oxygen atoms in total. The lowest BCUT2D eigenvalue weighted by Gasteiger charge is -2.26. The molecule has 2 N–H and O–H groups in total. The smallest absolute Gasteiger partial charge is 0.234 e. The molecule has 2 aliphatic rings. The third-order valence-electron chi connectivity index (χ3n) is 4.33. The average molecular weight is 335 g/mol. The lowest BCUT2D eigenvalue weighted by atomic mass is 10.1. The SMILES string of the molecule is O=C(CN1C[C@H]2COC[C@@H](C1)C(=O)N2)NCCc1ccc(F)cc1. The van der Waals surface area contributed by atoms with Crippen LogP contribution in [0.4, 0.5) is 4.39 Å². The van der Waals surface area contributed by atoms with E-state index in [2.05, 4.69) is 10.6 Å². The van der Waals surface area contributed by atoms with Gasteiger partial charge in [0.2, 0.25) is 11.8 Å². The Kier molecular flexibility index (Phi) is 5.42. The van der Waals surface area contributed by atoms with Crippen LogP contribution in [-0.2, 0) is 20.7 Å². The van der Waals surface area contributed by atoms with Crippen molar-refractivity contribution in [2.45, 2.75) is 12.5 Å². The highest BCUT2D eigenvalue weighted by molar-refractivity contribution is 5.81. The molecule has 2 heterocycles. The number of halogens is 1. The minimum Gasteiger partial charge on any atom is -0.378 e. The van der Waals surface area contributed by atoms with Crippen LogP contribution in [-0.4, -0.2) is 62.1 Å². The van der Waals surface area contributed by atoms with Gasteiger partial charge in [0.15, 0.2) is 0 Å². The molecular weight excluding hydrogens is 313 g/mol. The number of nitrogens with one attached hydrogen (secondary N) is 2. The fourth-order valence-corrected chi connectivity index (χ4v) is 3.11. The first-order chi connectivity index (χ1) is 11.6. The van der Waals surface area contributed by atoms with Crippen molar-refractivity contribution in [3.8, 4) is 0 Å². The number of hydrogen-bond donors (Lipinski definition) is 2. The maximum Gasteiger partial charge on any atom is 0.234 e. The lowest BCUT2D eigenvalue weighted by molar-refractivity contribution is -0.126. The normalized spacial score (nSPS) is 24.1. The summed E-state index contributed by atoms with van der Waals surface area (Å²) in [5.74, 6) is -0.534. The zero-order valence-electron chi connectivity index (χ0n) is 13.5. The number of fused-ring (bicyclic) bond motifs is 3. The molecule has 130 valence electrons. The first-order valence-corrected chi connectivity index (χ1v) is 8.22. The number of carbonyl (C=O) groups is 2. The zero-order valence-corrected chi connectivity index (χ0v) is 13.5. The van der Waals surface area contributed by atoms with E-state index in [-0.39, 0.29) is 36.1 Å². The quantitative estimate of drug-likeness (QED) is 0.790. The van der Waals surface area contributed by atoms with Gasteiger partial charge >= 0.3 is 0 Å². The molecule has 3 rings (SSSR count). The van der Waals surface area contributed by atoms with E-state index in [4.69, 9.17) is 4.74 Å². The van der Waals surface area contributed by atoms with Crippen LogP contribution in [0.1, 0.15) is 5.56 Å². The Hall–Kier alpha value is -1.99. The predicted molar refractivity (Wildman–Crippen MR) is 85.8 cm³/mol. The summed E-state index contributed by atoms with van der Waals surface area (Å²) in [7, 11) is 0. The number of amides is 2. The Morgan fingerprint density at radius 1 is 1.29 bits per heavy atom. The fraction of sp³-hybridized carbons (Fsp3) is 0.529. The van der Waals surface area contributed by atoms with Crippen LogP contribution >= 0.6 is 0 Å². The van der Waals surface area contributed by atoms with Crippen molar-refractivity contribution in [3.63, 3.8) is 0 Å². The van der Waals surface area contributed by atoms with Crippen LogP contribution in [0.5, 0.6) is 0 Å². The summed E-state index contributed by atoms with van der Waals surface area (Å²) < 4.78 is 18.3. The molecule has 2 amide bonds. The molecule has 2 saturated heterocycles. The van der Waals surface area contributed by atoms with Crippen molar-refractivity contribution in [1.29, 1.82) is 0 Å². The summed E-state index contributed by atoms with van der Waals surface area (Å²) >= 11 is 0. The summed E-state index contributed by atoms with van der Waals surface area (Å²) in [4.78, 5) is 26.1. The largest absolute Gasteiger partial charge is 0.378 e. The van der Waals surface area contributed by atoms with Crippen molar-refractivity contribution in [2.24, 2.45) is 5.92 Å². The molecule has 0 radical (unpaired) electrons. The molecule has 24 heavy (non-hydrogen) atoms. The monoisotopic (exact) mass is 335 g/mol. The summed E-state index contributed by atoms with van der Waals surface area (Å²) in [6.45, 7) is 2.83. The van der Waals surface area contributed by atoms with Crippen LogP contribution in [0.2, 0.25) is 0 Å². The van der Waals surface area contributed by atoms with Crippen molar-refractivity contribution in [2.75, 3.05) is 39.4 Å². The van der Waals surface area contributed by atoms with E-state index in [0.717, 1.165) is 5.56 Å². The lowest BCUT2D eigenvalue weighted by Crippen LogP contribution is -2.45. The second-order valence-corrected chi connectivity index (χ2v) is 6.36. The van der Waals surface area contributed by atoms with Gasteiger partial charge in [0, 0.05) is 19.6 Å². The highest BCUT2D eigenvalue weighted by Gasteiger charge is 2.33. The average Bonchev–Trinajstić information content (AvgIpc) is 2.78. The molecular formula is C17H22FN3O3. The number of ether oxygens (including phenoxy) is 1. The van der Waals surface area contributed by atoms with Gasteiger partial charge in [-0.15, -0.1) is 0 Å². The first-order valence-electron chi connectivity index (χ1n) is 8.22. The second-order valence-electron chi connectivity index (χ2n) is 6.36. The highest BCUT2D eigenvalue weighted by atomic mass is 19.1. The van der Waals surface area contributed by atoms with Crippen LogP contribution in [0.3, 0.4) is 0 Å². The number of benzene rings is 1. The third kappa shape index (κ3) is 4.52. The molecule has 0 unspecified atom stereocenters.